The molecule has 0 aromatic heterocycles. The zero-order chi connectivity index (χ0) is 13.6. The molecule has 1 rings (SSSR count). The van der Waals surface area contributed by atoms with Gasteiger partial charge in [-0.15, -0.1) is 0 Å². The number of esters is 1. The van der Waals surface area contributed by atoms with Crippen molar-refractivity contribution < 1.29 is 14.3 Å². The first-order valence-electron chi connectivity index (χ1n) is 5.95. The molecule has 100 valence electrons. The number of benzene rings is 1. The maximum atomic E-state index is 11.6. The summed E-state index contributed by atoms with van der Waals surface area (Å²) in [4.78, 5) is 11.6. The van der Waals surface area contributed by atoms with Gasteiger partial charge >= 0.3 is 5.97 Å². The highest BCUT2D eigenvalue weighted by molar-refractivity contribution is 5.79. The summed E-state index contributed by atoms with van der Waals surface area (Å²) in [6.45, 7) is 4.15. The van der Waals surface area contributed by atoms with Crippen LogP contribution in [0.25, 0.3) is 0 Å². The molecule has 0 spiro atoms. The lowest BCUT2D eigenvalue weighted by Gasteiger charge is -2.27. The Kier molecular flexibility index (Phi) is 5.31. The van der Waals surface area contributed by atoms with Crippen LogP contribution in [0.15, 0.2) is 30.3 Å². The van der Waals surface area contributed by atoms with E-state index in [1.165, 1.54) is 19.8 Å². The van der Waals surface area contributed by atoms with E-state index in [9.17, 15) is 4.79 Å². The Balaban J connectivity index is 2.61. The highest BCUT2D eigenvalue weighted by Crippen LogP contribution is 2.15. The summed E-state index contributed by atoms with van der Waals surface area (Å²) < 4.78 is 9.98. The summed E-state index contributed by atoms with van der Waals surface area (Å²) >= 11 is 0. The first kappa shape index (κ1) is 14.7. The number of hydrogen-bond donors (Lipinski definition) is 1. The Morgan fingerprint density at radius 3 is 2.44 bits per heavy atom. The van der Waals surface area contributed by atoms with Crippen molar-refractivity contribution in [3.05, 3.63) is 35.9 Å². The molecule has 0 saturated carbocycles. The smallest absolute Gasteiger partial charge is 0.339 e. The van der Waals surface area contributed by atoms with Crippen LogP contribution in [0.3, 0.4) is 0 Å². The molecule has 4 heteroatoms. The van der Waals surface area contributed by atoms with Crippen molar-refractivity contribution in [2.45, 2.75) is 25.5 Å². The molecule has 1 N–H and O–H groups in total. The van der Waals surface area contributed by atoms with E-state index in [2.05, 4.69) is 5.32 Å². The van der Waals surface area contributed by atoms with Crippen LogP contribution in [0.2, 0.25) is 0 Å². The zero-order valence-corrected chi connectivity index (χ0v) is 11.4. The van der Waals surface area contributed by atoms with Gasteiger partial charge in [0.1, 0.15) is 0 Å². The third-order valence-corrected chi connectivity index (χ3v) is 3.11. The fourth-order valence-electron chi connectivity index (χ4n) is 1.65. The second kappa shape index (κ2) is 6.52. The number of methoxy groups -OCH3 is 2. The lowest BCUT2D eigenvalue weighted by molar-refractivity contribution is -0.163. The maximum absolute atomic E-state index is 11.6. The van der Waals surface area contributed by atoms with Crippen LogP contribution in [0.4, 0.5) is 0 Å². The standard InChI is InChI=1S/C14H21NO3/c1-11(12-8-6-5-7-9-12)15-10-14(2,18-4)13(16)17-3/h5-9,11,15H,10H2,1-4H3. The molecule has 0 radical (unpaired) electrons. The summed E-state index contributed by atoms with van der Waals surface area (Å²) in [5, 5.41) is 3.28. The van der Waals surface area contributed by atoms with E-state index in [-0.39, 0.29) is 12.0 Å². The van der Waals surface area contributed by atoms with Crippen molar-refractivity contribution in [2.75, 3.05) is 20.8 Å². The predicted octanol–water partition coefficient (Wildman–Crippen LogP) is 1.92. The molecule has 0 amide bonds. The van der Waals surface area contributed by atoms with Gasteiger partial charge in [-0.25, -0.2) is 4.79 Å². The largest absolute Gasteiger partial charge is 0.467 e. The summed E-state index contributed by atoms with van der Waals surface area (Å²) in [5.74, 6) is -0.377. The SMILES string of the molecule is COC(=O)C(C)(CNC(C)c1ccccc1)OC. The van der Waals surface area contributed by atoms with Crippen molar-refractivity contribution in [3.63, 3.8) is 0 Å². The summed E-state index contributed by atoms with van der Waals surface area (Å²) in [6, 6.07) is 10.2. The van der Waals surface area contributed by atoms with E-state index in [1.807, 2.05) is 37.3 Å². The monoisotopic (exact) mass is 251 g/mol. The minimum absolute atomic E-state index is 0.144. The number of carbonyl (C=O) groups is 1. The lowest BCUT2D eigenvalue weighted by atomic mass is 10.0. The average molecular weight is 251 g/mol. The van der Waals surface area contributed by atoms with Gasteiger partial charge in [-0.3, -0.25) is 0 Å². The Bertz CT molecular complexity index is 380. The molecule has 1 aromatic carbocycles. The van der Waals surface area contributed by atoms with Crippen LogP contribution in [0.5, 0.6) is 0 Å². The van der Waals surface area contributed by atoms with Gasteiger partial charge in [0.25, 0.3) is 0 Å². The van der Waals surface area contributed by atoms with Crippen molar-refractivity contribution >= 4 is 5.97 Å². The molecular formula is C14H21NO3. The van der Waals surface area contributed by atoms with Crippen LogP contribution >= 0.6 is 0 Å². The van der Waals surface area contributed by atoms with Crippen LogP contribution in [0, 0.1) is 0 Å². The van der Waals surface area contributed by atoms with Gasteiger partial charge in [-0.1, -0.05) is 30.3 Å². The van der Waals surface area contributed by atoms with Crippen molar-refractivity contribution in [1.82, 2.24) is 5.32 Å². The Hall–Kier alpha value is -1.39. The molecule has 2 unspecified atom stereocenters. The van der Waals surface area contributed by atoms with Crippen LogP contribution in [0.1, 0.15) is 25.5 Å². The van der Waals surface area contributed by atoms with Gasteiger partial charge in [0.2, 0.25) is 0 Å². The molecular weight excluding hydrogens is 230 g/mol. The van der Waals surface area contributed by atoms with Crippen LogP contribution in [-0.4, -0.2) is 32.3 Å². The predicted molar refractivity (Wildman–Crippen MR) is 70.3 cm³/mol. The molecule has 0 aliphatic rings. The second-order valence-electron chi connectivity index (χ2n) is 4.44. The number of nitrogens with one attached hydrogen (secondary N) is 1. The topological polar surface area (TPSA) is 47.6 Å². The van der Waals surface area contributed by atoms with Gasteiger partial charge in [-0.2, -0.15) is 0 Å². The highest BCUT2D eigenvalue weighted by Gasteiger charge is 2.34. The van der Waals surface area contributed by atoms with Gasteiger partial charge in [0, 0.05) is 19.7 Å². The van der Waals surface area contributed by atoms with Crippen molar-refractivity contribution in [2.24, 2.45) is 0 Å². The normalized spacial score (nSPS) is 15.8. The average Bonchev–Trinajstić information content (AvgIpc) is 2.44. The molecule has 0 heterocycles. The molecule has 0 saturated heterocycles. The van der Waals surface area contributed by atoms with E-state index in [0.717, 1.165) is 0 Å². The molecule has 18 heavy (non-hydrogen) atoms. The van der Waals surface area contributed by atoms with Gasteiger partial charge < -0.3 is 14.8 Å². The van der Waals surface area contributed by atoms with Crippen molar-refractivity contribution in [3.8, 4) is 0 Å². The third kappa shape index (κ3) is 3.55. The summed E-state index contributed by atoms with van der Waals surface area (Å²) in [6.07, 6.45) is 0. The lowest BCUT2D eigenvalue weighted by Crippen LogP contribution is -2.47. The molecule has 0 fully saturated rings. The minimum atomic E-state index is -0.961. The number of ether oxygens (including phenoxy) is 2. The third-order valence-electron chi connectivity index (χ3n) is 3.11. The molecule has 4 nitrogen and oxygen atoms in total. The number of rotatable bonds is 6. The Morgan fingerprint density at radius 1 is 1.33 bits per heavy atom. The fourth-order valence-corrected chi connectivity index (χ4v) is 1.65. The Labute approximate surface area is 108 Å². The molecule has 2 atom stereocenters. The molecule has 0 aliphatic heterocycles. The minimum Gasteiger partial charge on any atom is -0.467 e. The van der Waals surface area contributed by atoms with Crippen molar-refractivity contribution in [1.29, 1.82) is 0 Å². The van der Waals surface area contributed by atoms with E-state index in [0.29, 0.717) is 6.54 Å². The van der Waals surface area contributed by atoms with Gasteiger partial charge in [-0.05, 0) is 19.4 Å². The summed E-state index contributed by atoms with van der Waals surface area (Å²) in [7, 11) is 2.87. The van der Waals surface area contributed by atoms with Crippen LogP contribution in [-0.2, 0) is 14.3 Å². The number of hydrogen-bond acceptors (Lipinski definition) is 4. The van der Waals surface area contributed by atoms with Gasteiger partial charge in [0.15, 0.2) is 5.60 Å². The molecule has 1 aromatic rings. The first-order chi connectivity index (χ1) is 8.53. The van der Waals surface area contributed by atoms with Crippen LogP contribution < -0.4 is 5.32 Å². The highest BCUT2D eigenvalue weighted by atomic mass is 16.6. The first-order valence-corrected chi connectivity index (χ1v) is 5.95. The van der Waals surface area contributed by atoms with E-state index in [4.69, 9.17) is 9.47 Å². The Morgan fingerprint density at radius 2 is 1.94 bits per heavy atom. The van der Waals surface area contributed by atoms with E-state index in [1.54, 1.807) is 6.92 Å². The second-order valence-corrected chi connectivity index (χ2v) is 4.44. The molecule has 0 aliphatic carbocycles. The van der Waals surface area contributed by atoms with Gasteiger partial charge in [0.05, 0.1) is 7.11 Å². The zero-order valence-electron chi connectivity index (χ0n) is 11.4. The maximum Gasteiger partial charge on any atom is 0.339 e. The van der Waals surface area contributed by atoms with E-state index < -0.39 is 5.60 Å². The number of carbonyl (C=O) groups excluding carboxylic acids is 1. The summed E-state index contributed by atoms with van der Waals surface area (Å²) in [5.41, 5.74) is 0.207. The molecule has 0 bridgehead atoms. The fraction of sp³-hybridized carbons (Fsp3) is 0.500. The quantitative estimate of drug-likeness (QED) is 0.785. The van der Waals surface area contributed by atoms with E-state index >= 15 is 0 Å².